The number of alkyl halides is 3. The number of ether oxygens (including phenoxy) is 1. The summed E-state index contributed by atoms with van der Waals surface area (Å²) in [6.45, 7) is 1.58. The molecule has 1 aliphatic rings. The molecule has 0 bridgehead atoms. The number of piperazine rings is 1. The summed E-state index contributed by atoms with van der Waals surface area (Å²) in [4.78, 5) is 38.5. The Labute approximate surface area is 180 Å². The van der Waals surface area contributed by atoms with Crippen molar-refractivity contribution in [3.8, 4) is 5.75 Å². The van der Waals surface area contributed by atoms with Gasteiger partial charge in [0.15, 0.2) is 0 Å². The third kappa shape index (κ3) is 6.41. The predicted octanol–water partition coefficient (Wildman–Crippen LogP) is 2.89. The number of anilines is 1. The molecule has 3 rings (SSSR count). The van der Waals surface area contributed by atoms with E-state index >= 15 is 0 Å². The Kier molecular flexibility index (Phi) is 6.93. The first kappa shape index (κ1) is 23.0. The smallest absolute Gasteiger partial charge is 0.406 e. The standard InChI is InChI=1S/C20H19F3N4O5/c21-20(22,23)32-17-6-4-15(5-7-17)24-18(28)13-25-8-10-26(11-9-25)19(29)14-2-1-3-16(12-14)27(30)31/h1-7,12H,8-11,13H2,(H,24,28). The van der Waals surface area contributed by atoms with Crippen LogP contribution in [0.2, 0.25) is 0 Å². The number of non-ortho nitro benzene ring substituents is 1. The van der Waals surface area contributed by atoms with Crippen molar-refractivity contribution < 1.29 is 32.4 Å². The third-order valence-corrected chi connectivity index (χ3v) is 4.70. The second-order valence-electron chi connectivity index (χ2n) is 7.00. The van der Waals surface area contributed by atoms with Gasteiger partial charge in [-0.3, -0.25) is 24.6 Å². The summed E-state index contributed by atoms with van der Waals surface area (Å²) in [5.41, 5.74) is 0.386. The zero-order chi connectivity index (χ0) is 23.3. The summed E-state index contributed by atoms with van der Waals surface area (Å²) < 4.78 is 40.3. The Morgan fingerprint density at radius 1 is 1.06 bits per heavy atom. The molecular formula is C20H19F3N4O5. The van der Waals surface area contributed by atoms with Crippen LogP contribution in [0, 0.1) is 10.1 Å². The molecule has 1 fully saturated rings. The van der Waals surface area contributed by atoms with Gasteiger partial charge in [0.2, 0.25) is 5.91 Å². The number of benzene rings is 2. The first-order valence-corrected chi connectivity index (χ1v) is 9.52. The van der Waals surface area contributed by atoms with Crippen molar-refractivity contribution in [1.29, 1.82) is 0 Å². The van der Waals surface area contributed by atoms with Crippen LogP contribution in [0.15, 0.2) is 48.5 Å². The van der Waals surface area contributed by atoms with Crippen molar-refractivity contribution in [3.63, 3.8) is 0 Å². The molecule has 2 aromatic carbocycles. The van der Waals surface area contributed by atoms with Gasteiger partial charge in [-0.15, -0.1) is 13.2 Å². The van der Waals surface area contributed by atoms with Crippen LogP contribution in [0.1, 0.15) is 10.4 Å². The maximum atomic E-state index is 12.6. The zero-order valence-corrected chi connectivity index (χ0v) is 16.7. The van der Waals surface area contributed by atoms with Gasteiger partial charge in [0.25, 0.3) is 11.6 Å². The largest absolute Gasteiger partial charge is 0.573 e. The van der Waals surface area contributed by atoms with Gasteiger partial charge in [0.1, 0.15) is 5.75 Å². The van der Waals surface area contributed by atoms with Crippen molar-refractivity contribution in [3.05, 3.63) is 64.2 Å². The maximum Gasteiger partial charge on any atom is 0.573 e. The van der Waals surface area contributed by atoms with Gasteiger partial charge in [0.05, 0.1) is 11.5 Å². The number of nitrogens with one attached hydrogen (secondary N) is 1. The van der Waals surface area contributed by atoms with Crippen LogP contribution in [0.3, 0.4) is 0 Å². The highest BCUT2D eigenvalue weighted by atomic mass is 19.4. The normalized spacial score (nSPS) is 14.7. The maximum absolute atomic E-state index is 12.6. The van der Waals surface area contributed by atoms with Crippen LogP contribution in [-0.2, 0) is 4.79 Å². The van der Waals surface area contributed by atoms with Crippen molar-refractivity contribution in [2.75, 3.05) is 38.0 Å². The average Bonchev–Trinajstić information content (AvgIpc) is 2.74. The van der Waals surface area contributed by atoms with Crippen LogP contribution >= 0.6 is 0 Å². The molecule has 1 heterocycles. The highest BCUT2D eigenvalue weighted by Crippen LogP contribution is 2.24. The van der Waals surface area contributed by atoms with Crippen LogP contribution < -0.4 is 10.1 Å². The lowest BCUT2D eigenvalue weighted by molar-refractivity contribution is -0.384. The molecule has 0 atom stereocenters. The second-order valence-corrected chi connectivity index (χ2v) is 7.00. The molecular weight excluding hydrogens is 433 g/mol. The van der Waals surface area contributed by atoms with Gasteiger partial charge in [-0.1, -0.05) is 6.07 Å². The lowest BCUT2D eigenvalue weighted by Crippen LogP contribution is -2.50. The van der Waals surface area contributed by atoms with E-state index in [-0.39, 0.29) is 35.4 Å². The van der Waals surface area contributed by atoms with Gasteiger partial charge < -0.3 is 15.0 Å². The number of hydrogen-bond acceptors (Lipinski definition) is 6. The van der Waals surface area contributed by atoms with E-state index in [1.54, 1.807) is 4.90 Å². The highest BCUT2D eigenvalue weighted by molar-refractivity contribution is 5.95. The monoisotopic (exact) mass is 452 g/mol. The molecule has 0 saturated carbocycles. The molecule has 12 heteroatoms. The van der Waals surface area contributed by atoms with Crippen LogP contribution in [0.4, 0.5) is 24.5 Å². The summed E-state index contributed by atoms with van der Waals surface area (Å²) >= 11 is 0. The van der Waals surface area contributed by atoms with Gasteiger partial charge in [0, 0.05) is 49.6 Å². The predicted molar refractivity (Wildman–Crippen MR) is 107 cm³/mol. The SMILES string of the molecule is O=C(CN1CCN(C(=O)c2cccc([N+](=O)[O-])c2)CC1)Nc1ccc(OC(F)(F)F)cc1. The van der Waals surface area contributed by atoms with E-state index in [0.717, 1.165) is 12.1 Å². The zero-order valence-electron chi connectivity index (χ0n) is 16.7. The molecule has 2 aromatic rings. The topological polar surface area (TPSA) is 105 Å². The first-order valence-electron chi connectivity index (χ1n) is 9.52. The Morgan fingerprint density at radius 3 is 2.31 bits per heavy atom. The number of carbonyl (C=O) groups excluding carboxylic acids is 2. The van der Waals surface area contributed by atoms with Crippen molar-refractivity contribution in [2.45, 2.75) is 6.36 Å². The molecule has 9 nitrogen and oxygen atoms in total. The van der Waals surface area contributed by atoms with Gasteiger partial charge in [-0.25, -0.2) is 0 Å². The summed E-state index contributed by atoms with van der Waals surface area (Å²) in [7, 11) is 0. The fourth-order valence-corrected chi connectivity index (χ4v) is 3.19. The lowest BCUT2D eigenvalue weighted by atomic mass is 10.1. The molecule has 1 N–H and O–H groups in total. The molecule has 1 aliphatic heterocycles. The van der Waals surface area contributed by atoms with Gasteiger partial charge in [-0.05, 0) is 30.3 Å². The Bertz CT molecular complexity index is 989. The number of nitrogens with zero attached hydrogens (tertiary/aromatic N) is 3. The van der Waals surface area contributed by atoms with E-state index in [2.05, 4.69) is 10.1 Å². The average molecular weight is 452 g/mol. The van der Waals surface area contributed by atoms with E-state index in [9.17, 15) is 32.9 Å². The molecule has 0 aliphatic carbocycles. The molecule has 0 unspecified atom stereocenters. The van der Waals surface area contributed by atoms with Crippen LogP contribution in [0.25, 0.3) is 0 Å². The third-order valence-electron chi connectivity index (χ3n) is 4.70. The van der Waals surface area contributed by atoms with E-state index in [4.69, 9.17) is 0 Å². The first-order chi connectivity index (χ1) is 15.1. The fourth-order valence-electron chi connectivity index (χ4n) is 3.19. The van der Waals surface area contributed by atoms with E-state index in [1.807, 2.05) is 4.90 Å². The minimum atomic E-state index is -4.79. The lowest BCUT2D eigenvalue weighted by Gasteiger charge is -2.34. The molecule has 0 radical (unpaired) electrons. The quantitative estimate of drug-likeness (QED) is 0.534. The minimum absolute atomic E-state index is 0.0413. The molecule has 170 valence electrons. The van der Waals surface area contributed by atoms with E-state index in [1.165, 1.54) is 36.4 Å². The Balaban J connectivity index is 1.47. The molecule has 1 saturated heterocycles. The fraction of sp³-hybridized carbons (Fsp3) is 0.300. The highest BCUT2D eigenvalue weighted by Gasteiger charge is 2.31. The molecule has 32 heavy (non-hydrogen) atoms. The Morgan fingerprint density at radius 2 is 1.72 bits per heavy atom. The van der Waals surface area contributed by atoms with Crippen LogP contribution in [-0.4, -0.2) is 65.6 Å². The number of hydrogen-bond donors (Lipinski definition) is 1. The number of nitro groups is 1. The second kappa shape index (κ2) is 9.64. The summed E-state index contributed by atoms with van der Waals surface area (Å²) in [5.74, 6) is -1.06. The van der Waals surface area contributed by atoms with E-state index < -0.39 is 11.3 Å². The molecule has 0 aromatic heterocycles. The Hall–Kier alpha value is -3.67. The van der Waals surface area contributed by atoms with Crippen molar-refractivity contribution >= 4 is 23.2 Å². The summed E-state index contributed by atoms with van der Waals surface area (Å²) in [6.07, 6.45) is -4.79. The molecule has 0 spiro atoms. The van der Waals surface area contributed by atoms with Gasteiger partial charge in [-0.2, -0.15) is 0 Å². The number of amides is 2. The van der Waals surface area contributed by atoms with Gasteiger partial charge >= 0.3 is 6.36 Å². The number of rotatable bonds is 6. The van der Waals surface area contributed by atoms with E-state index in [0.29, 0.717) is 31.9 Å². The number of carbonyl (C=O) groups is 2. The van der Waals surface area contributed by atoms with Crippen LogP contribution in [0.5, 0.6) is 5.75 Å². The summed E-state index contributed by atoms with van der Waals surface area (Å²) in [5, 5.41) is 13.5. The number of nitro benzene ring substituents is 1. The number of halogens is 3. The minimum Gasteiger partial charge on any atom is -0.406 e. The summed E-state index contributed by atoms with van der Waals surface area (Å²) in [6, 6.07) is 10.3. The molecule has 2 amide bonds. The van der Waals surface area contributed by atoms with Crippen molar-refractivity contribution in [2.24, 2.45) is 0 Å². The van der Waals surface area contributed by atoms with Crippen molar-refractivity contribution in [1.82, 2.24) is 9.80 Å².